The highest BCUT2D eigenvalue weighted by Gasteiger charge is 2.38. The van der Waals surface area contributed by atoms with Crippen molar-refractivity contribution in [3.05, 3.63) is 41.5 Å². The summed E-state index contributed by atoms with van der Waals surface area (Å²) >= 11 is 8.33. The number of aromatic nitrogens is 5. The third kappa shape index (κ3) is 3.37. The van der Waals surface area contributed by atoms with Gasteiger partial charge in [0.2, 0.25) is 0 Å². The Bertz CT molecular complexity index is 1210. The minimum Gasteiger partial charge on any atom is -0.354 e. The highest BCUT2D eigenvalue weighted by molar-refractivity contribution is 7.99. The fraction of sp³-hybridized carbons (Fsp3) is 0.409. The smallest absolute Gasteiger partial charge is 0.194 e. The molecule has 0 aromatic carbocycles. The van der Waals surface area contributed by atoms with E-state index in [0.717, 1.165) is 76.1 Å². The number of anilines is 1. The van der Waals surface area contributed by atoms with Crippen LogP contribution in [0, 0.1) is 5.92 Å². The van der Waals surface area contributed by atoms with Gasteiger partial charge in [-0.1, -0.05) is 18.5 Å². The lowest BCUT2D eigenvalue weighted by atomic mass is 9.85. The van der Waals surface area contributed by atoms with Gasteiger partial charge in [-0.2, -0.15) is 0 Å². The molecule has 2 atom stereocenters. The minimum atomic E-state index is 0.550. The van der Waals surface area contributed by atoms with Gasteiger partial charge in [-0.05, 0) is 48.7 Å². The number of pyridine rings is 1. The van der Waals surface area contributed by atoms with E-state index in [2.05, 4.69) is 32.1 Å². The fourth-order valence-electron chi connectivity index (χ4n) is 4.65. The van der Waals surface area contributed by atoms with Gasteiger partial charge in [0.15, 0.2) is 10.8 Å². The molecule has 5 heterocycles. The van der Waals surface area contributed by atoms with Crippen molar-refractivity contribution in [2.45, 2.75) is 42.3 Å². The number of nitrogens with one attached hydrogen (secondary N) is 1. The number of hydrogen-bond donors (Lipinski definition) is 1. The summed E-state index contributed by atoms with van der Waals surface area (Å²) in [4.78, 5) is 26.3. The summed E-state index contributed by atoms with van der Waals surface area (Å²) in [7, 11) is 0. The number of nitrogens with zero attached hydrogens (tertiary/aromatic N) is 6. The third-order valence-corrected chi connectivity index (χ3v) is 7.77. The Morgan fingerprint density at radius 2 is 2.13 bits per heavy atom. The molecule has 2 aliphatic heterocycles. The van der Waals surface area contributed by atoms with E-state index in [-0.39, 0.29) is 0 Å². The largest absolute Gasteiger partial charge is 0.354 e. The maximum Gasteiger partial charge on any atom is 0.194 e. The van der Waals surface area contributed by atoms with Gasteiger partial charge < -0.3 is 10.2 Å². The van der Waals surface area contributed by atoms with Crippen molar-refractivity contribution in [2.75, 3.05) is 24.5 Å². The average molecular weight is 452 g/mol. The Kier molecular flexibility index (Phi) is 4.81. The SMILES string of the molecule is CCC1=C(Cl)c2c(nc(Sc3cnc4nccnc4c3)nc2N2CCC3CN[C@H]3C2)C1. The number of allylic oxidation sites excluding steroid dienone is 1. The number of hydrogen-bond acceptors (Lipinski definition) is 8. The van der Waals surface area contributed by atoms with Crippen LogP contribution in [0.1, 0.15) is 31.0 Å². The highest BCUT2D eigenvalue weighted by atomic mass is 35.5. The van der Waals surface area contributed by atoms with E-state index in [9.17, 15) is 0 Å². The van der Waals surface area contributed by atoms with Crippen LogP contribution in [0.15, 0.2) is 40.3 Å². The van der Waals surface area contributed by atoms with E-state index in [4.69, 9.17) is 21.6 Å². The molecule has 0 amide bonds. The highest BCUT2D eigenvalue weighted by Crippen LogP contribution is 2.43. The second-order valence-electron chi connectivity index (χ2n) is 8.28. The van der Waals surface area contributed by atoms with Crippen LogP contribution in [0.3, 0.4) is 0 Å². The van der Waals surface area contributed by atoms with E-state index in [0.29, 0.717) is 11.7 Å². The normalized spacial score (nSPS) is 22.5. The summed E-state index contributed by atoms with van der Waals surface area (Å²) in [5, 5.41) is 5.13. The summed E-state index contributed by atoms with van der Waals surface area (Å²) in [6.45, 7) is 5.27. The summed E-state index contributed by atoms with van der Waals surface area (Å²) in [5.74, 6) is 1.77. The molecule has 0 radical (unpaired) electrons. The second kappa shape index (κ2) is 7.69. The molecule has 0 spiro atoms. The van der Waals surface area contributed by atoms with Crippen molar-refractivity contribution in [2.24, 2.45) is 5.92 Å². The van der Waals surface area contributed by atoms with Gasteiger partial charge in [0.25, 0.3) is 0 Å². The Labute approximate surface area is 189 Å². The molecule has 3 aliphatic rings. The predicted molar refractivity (Wildman–Crippen MR) is 122 cm³/mol. The average Bonchev–Trinajstić information content (AvgIpc) is 3.09. The van der Waals surface area contributed by atoms with Crippen LogP contribution in [0.5, 0.6) is 0 Å². The van der Waals surface area contributed by atoms with E-state index in [1.54, 1.807) is 12.4 Å². The first-order valence-electron chi connectivity index (χ1n) is 10.7. The summed E-state index contributed by atoms with van der Waals surface area (Å²) in [6.07, 6.45) is 8.06. The molecule has 3 aromatic rings. The van der Waals surface area contributed by atoms with Crippen molar-refractivity contribution >= 4 is 45.4 Å². The lowest BCUT2D eigenvalue weighted by Gasteiger charge is -2.47. The molecule has 0 bridgehead atoms. The van der Waals surface area contributed by atoms with Crippen molar-refractivity contribution < 1.29 is 0 Å². The number of fused-ring (bicyclic) bond motifs is 3. The van der Waals surface area contributed by atoms with E-state index in [1.807, 2.05) is 12.3 Å². The fourth-order valence-corrected chi connectivity index (χ4v) is 5.82. The van der Waals surface area contributed by atoms with Crippen LogP contribution in [0.4, 0.5) is 5.82 Å². The van der Waals surface area contributed by atoms with Gasteiger partial charge in [-0.25, -0.2) is 19.9 Å². The van der Waals surface area contributed by atoms with Crippen LogP contribution < -0.4 is 10.2 Å². The third-order valence-electron chi connectivity index (χ3n) is 6.49. The number of piperidine rings is 1. The quantitative estimate of drug-likeness (QED) is 0.602. The van der Waals surface area contributed by atoms with Gasteiger partial charge in [0, 0.05) is 49.0 Å². The monoisotopic (exact) mass is 451 g/mol. The number of halogens is 1. The van der Waals surface area contributed by atoms with Crippen LogP contribution >= 0.6 is 23.4 Å². The van der Waals surface area contributed by atoms with Gasteiger partial charge in [-0.15, -0.1) is 0 Å². The molecular weight excluding hydrogens is 430 g/mol. The number of rotatable bonds is 4. The van der Waals surface area contributed by atoms with Crippen LogP contribution in [0.2, 0.25) is 0 Å². The van der Waals surface area contributed by atoms with E-state index >= 15 is 0 Å². The Hall–Kier alpha value is -2.29. The molecule has 7 nitrogen and oxygen atoms in total. The van der Waals surface area contributed by atoms with Crippen molar-refractivity contribution in [3.63, 3.8) is 0 Å². The van der Waals surface area contributed by atoms with Gasteiger partial charge in [0.1, 0.15) is 11.3 Å². The van der Waals surface area contributed by atoms with Crippen LogP contribution in [0.25, 0.3) is 16.2 Å². The zero-order chi connectivity index (χ0) is 20.9. The molecule has 0 saturated carbocycles. The zero-order valence-electron chi connectivity index (χ0n) is 17.2. The molecule has 1 unspecified atom stereocenters. The Balaban J connectivity index is 1.38. The zero-order valence-corrected chi connectivity index (χ0v) is 18.7. The van der Waals surface area contributed by atoms with E-state index in [1.165, 1.54) is 23.8 Å². The molecular formula is C22H22ClN7S. The molecule has 3 aromatic heterocycles. The summed E-state index contributed by atoms with van der Waals surface area (Å²) in [5.41, 5.74) is 4.72. The maximum atomic E-state index is 6.82. The lowest BCUT2D eigenvalue weighted by molar-refractivity contribution is 0.196. The molecule has 1 N–H and O–H groups in total. The first kappa shape index (κ1) is 19.4. The minimum absolute atomic E-state index is 0.550. The molecule has 2 fully saturated rings. The second-order valence-corrected chi connectivity index (χ2v) is 9.70. The lowest BCUT2D eigenvalue weighted by Crippen LogP contribution is -2.62. The van der Waals surface area contributed by atoms with E-state index < -0.39 is 0 Å². The Morgan fingerprint density at radius 1 is 1.23 bits per heavy atom. The Morgan fingerprint density at radius 3 is 2.94 bits per heavy atom. The van der Waals surface area contributed by atoms with Gasteiger partial charge in [-0.3, -0.25) is 4.98 Å². The van der Waals surface area contributed by atoms with Crippen LogP contribution in [-0.2, 0) is 6.42 Å². The molecule has 1 aliphatic carbocycles. The molecule has 6 rings (SSSR count). The molecule has 31 heavy (non-hydrogen) atoms. The summed E-state index contributed by atoms with van der Waals surface area (Å²) in [6, 6.07) is 2.54. The first-order chi connectivity index (χ1) is 15.2. The molecule has 2 saturated heterocycles. The maximum absolute atomic E-state index is 6.82. The predicted octanol–water partition coefficient (Wildman–Crippen LogP) is 3.68. The van der Waals surface area contributed by atoms with Gasteiger partial charge in [0.05, 0.1) is 16.3 Å². The molecule has 158 valence electrons. The van der Waals surface area contributed by atoms with Crippen LogP contribution in [-0.4, -0.2) is 50.6 Å². The topological polar surface area (TPSA) is 79.7 Å². The van der Waals surface area contributed by atoms with Crippen molar-refractivity contribution in [1.29, 1.82) is 0 Å². The summed E-state index contributed by atoms with van der Waals surface area (Å²) < 4.78 is 0. The van der Waals surface area contributed by atoms with Crippen molar-refractivity contribution in [3.8, 4) is 0 Å². The standard InChI is InChI=1S/C22H22ClN7S/c1-2-12-7-15-18(19(12)23)21(30-6-3-13-9-26-17(13)11-30)29-22(28-15)31-14-8-16-20(27-10-14)25-5-4-24-16/h4-5,8,10,13,17,26H,2-3,6-7,9,11H2,1H3/t13?,17-/m0/s1. The van der Waals surface area contributed by atoms with Gasteiger partial charge >= 0.3 is 0 Å². The van der Waals surface area contributed by atoms with Crippen molar-refractivity contribution in [1.82, 2.24) is 30.2 Å². The first-order valence-corrected chi connectivity index (χ1v) is 11.9. The molecule has 9 heteroatoms.